The third kappa shape index (κ3) is 2.93. The number of halogens is 3. The van der Waals surface area contributed by atoms with Crippen LogP contribution in [0, 0.1) is 5.82 Å². The summed E-state index contributed by atoms with van der Waals surface area (Å²) in [5.41, 5.74) is 6.60. The second-order valence-electron chi connectivity index (χ2n) is 2.66. The van der Waals surface area contributed by atoms with Gasteiger partial charge >= 0.3 is 0 Å². The van der Waals surface area contributed by atoms with Gasteiger partial charge in [-0.2, -0.15) is 0 Å². The van der Waals surface area contributed by atoms with E-state index in [1.54, 1.807) is 6.07 Å². The molecule has 0 aliphatic heterocycles. The summed E-state index contributed by atoms with van der Waals surface area (Å²) >= 11 is 3.17. The number of rotatable bonds is 2. The van der Waals surface area contributed by atoms with Crippen LogP contribution in [0.4, 0.5) is 4.39 Å². The van der Waals surface area contributed by atoms with E-state index in [0.717, 1.165) is 12.0 Å². The Balaban J connectivity index is 0.00000144. The molecule has 1 aromatic carbocycles. The molecule has 0 saturated carbocycles. The molecule has 4 heteroatoms. The van der Waals surface area contributed by atoms with Crippen LogP contribution in [0.5, 0.6) is 0 Å². The number of hydrogen-bond donors (Lipinski definition) is 1. The van der Waals surface area contributed by atoms with E-state index in [0.29, 0.717) is 4.47 Å². The zero-order valence-electron chi connectivity index (χ0n) is 7.26. The van der Waals surface area contributed by atoms with Crippen LogP contribution in [0.15, 0.2) is 22.7 Å². The fourth-order valence-electron chi connectivity index (χ4n) is 1.03. The zero-order valence-corrected chi connectivity index (χ0v) is 9.66. The Labute approximate surface area is 92.1 Å². The van der Waals surface area contributed by atoms with E-state index >= 15 is 0 Å². The summed E-state index contributed by atoms with van der Waals surface area (Å²) in [5.74, 6) is -0.253. The van der Waals surface area contributed by atoms with Crippen LogP contribution in [-0.4, -0.2) is 0 Å². The van der Waals surface area contributed by atoms with E-state index in [9.17, 15) is 4.39 Å². The van der Waals surface area contributed by atoms with Gasteiger partial charge in [-0.05, 0) is 34.0 Å². The van der Waals surface area contributed by atoms with Gasteiger partial charge < -0.3 is 5.73 Å². The lowest BCUT2D eigenvalue weighted by molar-refractivity contribution is 0.608. The number of benzene rings is 1. The van der Waals surface area contributed by atoms with Crippen molar-refractivity contribution in [2.75, 3.05) is 0 Å². The maximum atomic E-state index is 13.0. The Kier molecular flexibility index (Phi) is 5.53. The fraction of sp³-hybridized carbons (Fsp3) is 0.333. The number of hydrogen-bond acceptors (Lipinski definition) is 1. The molecule has 74 valence electrons. The van der Waals surface area contributed by atoms with Gasteiger partial charge in [-0.15, -0.1) is 12.4 Å². The van der Waals surface area contributed by atoms with Gasteiger partial charge in [0.15, 0.2) is 0 Å². The fourth-order valence-corrected chi connectivity index (χ4v) is 1.59. The minimum Gasteiger partial charge on any atom is -0.324 e. The van der Waals surface area contributed by atoms with Crippen molar-refractivity contribution in [3.8, 4) is 0 Å². The van der Waals surface area contributed by atoms with Gasteiger partial charge in [0.05, 0.1) is 4.47 Å². The van der Waals surface area contributed by atoms with Crippen molar-refractivity contribution in [3.63, 3.8) is 0 Å². The van der Waals surface area contributed by atoms with Gasteiger partial charge in [-0.25, -0.2) is 4.39 Å². The van der Waals surface area contributed by atoms with Crippen molar-refractivity contribution in [1.82, 2.24) is 0 Å². The van der Waals surface area contributed by atoms with Gasteiger partial charge in [-0.3, -0.25) is 0 Å². The lowest BCUT2D eigenvalue weighted by atomic mass is 10.1. The minimum atomic E-state index is -0.253. The molecule has 0 aliphatic carbocycles. The SMILES string of the molecule is CC[C@@H](N)c1cccc(F)c1Br.Cl. The lowest BCUT2D eigenvalue weighted by Crippen LogP contribution is -2.09. The number of nitrogens with two attached hydrogens (primary N) is 1. The van der Waals surface area contributed by atoms with E-state index in [-0.39, 0.29) is 24.3 Å². The highest BCUT2D eigenvalue weighted by Crippen LogP contribution is 2.25. The normalized spacial score (nSPS) is 12.0. The first-order chi connectivity index (χ1) is 5.66. The quantitative estimate of drug-likeness (QED) is 0.874. The highest BCUT2D eigenvalue weighted by atomic mass is 79.9. The summed E-state index contributed by atoms with van der Waals surface area (Å²) in [6.07, 6.45) is 0.808. The van der Waals surface area contributed by atoms with Crippen LogP contribution in [0.2, 0.25) is 0 Å². The van der Waals surface area contributed by atoms with E-state index in [4.69, 9.17) is 5.73 Å². The Hall–Kier alpha value is -0.120. The third-order valence-corrected chi connectivity index (χ3v) is 2.66. The molecular weight excluding hydrogens is 256 g/mol. The maximum Gasteiger partial charge on any atom is 0.137 e. The van der Waals surface area contributed by atoms with Crippen LogP contribution in [0.3, 0.4) is 0 Å². The van der Waals surface area contributed by atoms with Gasteiger partial charge in [0.2, 0.25) is 0 Å². The van der Waals surface area contributed by atoms with Crippen LogP contribution in [0.25, 0.3) is 0 Å². The third-order valence-electron chi connectivity index (χ3n) is 1.82. The standard InChI is InChI=1S/C9H11BrFN.ClH/c1-2-8(12)6-4-3-5-7(11)9(6)10;/h3-5,8H,2,12H2,1H3;1H/t8-;/m1./s1. The minimum absolute atomic E-state index is 0. The van der Waals surface area contributed by atoms with E-state index in [2.05, 4.69) is 15.9 Å². The average Bonchev–Trinajstić information content (AvgIpc) is 2.08. The van der Waals surface area contributed by atoms with E-state index < -0.39 is 0 Å². The highest BCUT2D eigenvalue weighted by molar-refractivity contribution is 9.10. The van der Waals surface area contributed by atoms with Crippen molar-refractivity contribution in [3.05, 3.63) is 34.1 Å². The first-order valence-corrected chi connectivity index (χ1v) is 4.65. The molecule has 1 aromatic rings. The van der Waals surface area contributed by atoms with E-state index in [1.807, 2.05) is 13.0 Å². The molecule has 0 aromatic heterocycles. The predicted octanol–water partition coefficient (Wildman–Crippen LogP) is 3.42. The average molecular weight is 269 g/mol. The van der Waals surface area contributed by atoms with Crippen LogP contribution < -0.4 is 5.73 Å². The second-order valence-corrected chi connectivity index (χ2v) is 3.45. The molecule has 0 amide bonds. The van der Waals surface area contributed by atoms with Crippen molar-refractivity contribution < 1.29 is 4.39 Å². The van der Waals surface area contributed by atoms with Crippen LogP contribution in [0.1, 0.15) is 24.9 Å². The van der Waals surface area contributed by atoms with E-state index in [1.165, 1.54) is 6.07 Å². The molecule has 0 heterocycles. The molecule has 0 radical (unpaired) electrons. The zero-order chi connectivity index (χ0) is 9.14. The Morgan fingerprint density at radius 2 is 2.15 bits per heavy atom. The van der Waals surface area contributed by atoms with Crippen molar-refractivity contribution in [1.29, 1.82) is 0 Å². The topological polar surface area (TPSA) is 26.0 Å². The summed E-state index contributed by atoms with van der Waals surface area (Å²) in [7, 11) is 0. The monoisotopic (exact) mass is 267 g/mol. The highest BCUT2D eigenvalue weighted by Gasteiger charge is 2.10. The van der Waals surface area contributed by atoms with Gasteiger partial charge in [0, 0.05) is 6.04 Å². The van der Waals surface area contributed by atoms with Crippen molar-refractivity contribution in [2.24, 2.45) is 5.73 Å². The molecule has 0 spiro atoms. The first kappa shape index (κ1) is 12.9. The molecule has 0 unspecified atom stereocenters. The maximum absolute atomic E-state index is 13.0. The molecule has 0 bridgehead atoms. The largest absolute Gasteiger partial charge is 0.324 e. The molecule has 13 heavy (non-hydrogen) atoms. The van der Waals surface area contributed by atoms with Crippen molar-refractivity contribution >= 4 is 28.3 Å². The van der Waals surface area contributed by atoms with Crippen LogP contribution >= 0.6 is 28.3 Å². The van der Waals surface area contributed by atoms with Gasteiger partial charge in [0.1, 0.15) is 5.82 Å². The second kappa shape index (κ2) is 5.58. The van der Waals surface area contributed by atoms with Gasteiger partial charge in [0.25, 0.3) is 0 Å². The van der Waals surface area contributed by atoms with Gasteiger partial charge in [-0.1, -0.05) is 19.1 Å². The molecule has 1 rings (SSSR count). The lowest BCUT2D eigenvalue weighted by Gasteiger charge is -2.11. The predicted molar refractivity (Wildman–Crippen MR) is 58.6 cm³/mol. The Morgan fingerprint density at radius 3 is 2.69 bits per heavy atom. The first-order valence-electron chi connectivity index (χ1n) is 3.86. The summed E-state index contributed by atoms with van der Waals surface area (Å²) in [6.45, 7) is 1.97. The summed E-state index contributed by atoms with van der Waals surface area (Å²) in [5, 5.41) is 0. The van der Waals surface area contributed by atoms with Crippen molar-refractivity contribution in [2.45, 2.75) is 19.4 Å². The molecule has 1 atom stereocenters. The molecule has 2 N–H and O–H groups in total. The summed E-state index contributed by atoms with van der Waals surface area (Å²) < 4.78 is 13.5. The Bertz CT molecular complexity index is 280. The molecule has 0 aliphatic rings. The molecule has 1 nitrogen and oxygen atoms in total. The summed E-state index contributed by atoms with van der Waals surface area (Å²) in [6, 6.07) is 4.83. The molecule has 0 saturated heterocycles. The summed E-state index contributed by atoms with van der Waals surface area (Å²) in [4.78, 5) is 0. The molecule has 0 fully saturated rings. The molecular formula is C9H12BrClFN. The Morgan fingerprint density at radius 1 is 1.54 bits per heavy atom. The van der Waals surface area contributed by atoms with Crippen LogP contribution in [-0.2, 0) is 0 Å². The smallest absolute Gasteiger partial charge is 0.137 e.